The van der Waals surface area contributed by atoms with Crippen LogP contribution in [0, 0.1) is 11.8 Å². The molecule has 4 aromatic carbocycles. The zero-order valence-electron chi connectivity index (χ0n) is 62.2. The number of amides is 2. The Morgan fingerprint density at radius 3 is 1.21 bits per heavy atom. The first-order valence-electron chi connectivity index (χ1n) is 34.9. The highest BCUT2D eigenvalue weighted by Gasteiger charge is 2.59. The van der Waals surface area contributed by atoms with Gasteiger partial charge in [-0.25, -0.2) is 19.2 Å². The third-order valence-electron chi connectivity index (χ3n) is 18.0. The van der Waals surface area contributed by atoms with Gasteiger partial charge >= 0.3 is 47.8 Å². The van der Waals surface area contributed by atoms with Gasteiger partial charge in [-0.15, -0.1) is 46.7 Å². The van der Waals surface area contributed by atoms with Gasteiger partial charge in [0.15, 0.2) is 18.0 Å². The molecule has 0 aromatic heterocycles. The van der Waals surface area contributed by atoms with E-state index in [0.29, 0.717) is 11.8 Å². The lowest BCUT2D eigenvalue weighted by Crippen LogP contribution is -2.65. The molecule has 588 valence electrons. The van der Waals surface area contributed by atoms with Gasteiger partial charge in [0.1, 0.15) is 92.7 Å². The number of likely N-dealkylation sites (N-methyl/N-ethyl adjacent to an activating group) is 2. The summed E-state index contributed by atoms with van der Waals surface area (Å²) in [6.45, 7) is 18.0. The summed E-state index contributed by atoms with van der Waals surface area (Å²) in [5.74, 6) is -6.14. The number of aromatic carboxylic acids is 2. The molecule has 6 N–H and O–H groups in total. The van der Waals surface area contributed by atoms with Gasteiger partial charge in [0.05, 0.1) is 34.9 Å². The van der Waals surface area contributed by atoms with Crippen LogP contribution < -0.4 is 29.6 Å². The predicted molar refractivity (Wildman–Crippen MR) is 397 cm³/mol. The fourth-order valence-electron chi connectivity index (χ4n) is 13.3. The number of likely N-dealkylation sites (tertiary alicyclic amines) is 2. The smallest absolute Gasteiger partial charge is 0.342 e. The predicted octanol–water partition coefficient (Wildman–Crippen LogP) is 8.78. The highest BCUT2D eigenvalue weighted by Crippen LogP contribution is 2.44. The summed E-state index contributed by atoms with van der Waals surface area (Å²) in [5.41, 5.74) is -1.48. The second kappa shape index (κ2) is 41.4. The molecule has 18 atom stereocenters. The highest BCUT2D eigenvalue weighted by molar-refractivity contribution is 7.99. The molecule has 9 rings (SSSR count). The first-order valence-corrected chi connectivity index (χ1v) is 38.4. The largest absolute Gasteiger partial charge is 0.478 e. The van der Waals surface area contributed by atoms with E-state index in [4.69, 9.17) is 71.3 Å². The summed E-state index contributed by atoms with van der Waals surface area (Å²) < 4.78 is 56.5. The average Bonchev–Trinajstić information content (AvgIpc) is 1.61. The van der Waals surface area contributed by atoms with Crippen molar-refractivity contribution < 1.29 is 116 Å². The number of carbonyl (C=O) groups excluding carboxylic acids is 8. The molecule has 28 nitrogen and oxygen atoms in total. The molecule has 32 heteroatoms. The number of benzene rings is 4. The number of nitrogens with one attached hydrogen (secondary N) is 2. The van der Waals surface area contributed by atoms with E-state index in [9.17, 15) is 58.2 Å². The zero-order chi connectivity index (χ0) is 79.3. The SMILES string of the molecule is CC(=O)Oc1ccccc1C(=O)O.CC(=O)Oc1ccccc1C(=O)O.CCC[C@@H]1C[C@@H](C(=O)NC(C(C)Cl)C2OC(SC)C(OC(=O)c3ccccc3OC(C)=O)C(O)C2O)N(C)C1.CCC[C@@H]1C[C@@H](C(=O)NC(C(C)Cl)C2OC(SC)C(OC(=O)c3ccccc3OC(C)=O)C3OC(C)(C)OC23)N(C)C1. The number of hydrogen-bond acceptors (Lipinski definition) is 26. The minimum absolute atomic E-state index is 0.0112. The van der Waals surface area contributed by atoms with Crippen molar-refractivity contribution in [3.05, 3.63) is 119 Å². The number of hydrogen-bond donors (Lipinski definition) is 6. The third-order valence-corrected chi connectivity index (χ3v) is 20.2. The number of carboxylic acid groups (broad SMARTS) is 2. The van der Waals surface area contributed by atoms with E-state index in [2.05, 4.69) is 38.9 Å². The lowest BCUT2D eigenvalue weighted by atomic mass is 9.92. The van der Waals surface area contributed by atoms with Gasteiger partial charge in [0.25, 0.3) is 0 Å². The van der Waals surface area contributed by atoms with Crippen LogP contribution in [0.15, 0.2) is 97.1 Å². The monoisotopic (exact) mass is 1570 g/mol. The van der Waals surface area contributed by atoms with Gasteiger partial charge in [-0.2, -0.15) is 0 Å². The summed E-state index contributed by atoms with van der Waals surface area (Å²) in [5, 5.41) is 44.5. The molecule has 0 bridgehead atoms. The molecule has 5 fully saturated rings. The molecule has 5 heterocycles. The Balaban J connectivity index is 0.000000251. The number of alkyl halides is 2. The number of esters is 6. The lowest BCUT2D eigenvalue weighted by Gasteiger charge is -2.45. The Bertz CT molecular complexity index is 3650. The zero-order valence-corrected chi connectivity index (χ0v) is 65.4. The summed E-state index contributed by atoms with van der Waals surface area (Å²) >= 11 is 15.7. The molecule has 14 unspecified atom stereocenters. The fraction of sp³-hybridized carbons (Fsp3) is 0.547. The van der Waals surface area contributed by atoms with Crippen LogP contribution in [0.4, 0.5) is 0 Å². The molecule has 0 spiro atoms. The second-order valence-electron chi connectivity index (χ2n) is 26.8. The van der Waals surface area contributed by atoms with E-state index in [1.165, 1.54) is 99.7 Å². The molecule has 0 saturated carbocycles. The van der Waals surface area contributed by atoms with E-state index < -0.39 is 136 Å². The first kappa shape index (κ1) is 88.4. The van der Waals surface area contributed by atoms with Gasteiger partial charge < -0.3 is 78.4 Å². The molecular weight excluding hydrogens is 1480 g/mol. The van der Waals surface area contributed by atoms with E-state index in [1.54, 1.807) is 75.6 Å². The van der Waals surface area contributed by atoms with Crippen molar-refractivity contribution in [2.45, 2.75) is 208 Å². The van der Waals surface area contributed by atoms with Gasteiger partial charge in [0, 0.05) is 40.8 Å². The van der Waals surface area contributed by atoms with Crippen LogP contribution in [0.1, 0.15) is 149 Å². The Hall–Kier alpha value is -7.46. The van der Waals surface area contributed by atoms with Crippen LogP contribution in [0.2, 0.25) is 0 Å². The van der Waals surface area contributed by atoms with Crippen molar-refractivity contribution >= 4 is 106 Å². The summed E-state index contributed by atoms with van der Waals surface area (Å²) in [6, 6.07) is 22.4. The molecule has 0 aliphatic carbocycles. The van der Waals surface area contributed by atoms with Crippen LogP contribution in [0.5, 0.6) is 23.0 Å². The van der Waals surface area contributed by atoms with E-state index in [-0.39, 0.29) is 69.1 Å². The minimum Gasteiger partial charge on any atom is -0.478 e. The third kappa shape index (κ3) is 24.8. The lowest BCUT2D eigenvalue weighted by molar-refractivity contribution is -0.205. The van der Waals surface area contributed by atoms with Gasteiger partial charge in [-0.1, -0.05) is 75.2 Å². The van der Waals surface area contributed by atoms with Crippen molar-refractivity contribution in [3.63, 3.8) is 0 Å². The second-order valence-corrected chi connectivity index (χ2v) is 30.0. The average molecular weight is 1570 g/mol. The maximum atomic E-state index is 13.6. The fourth-order valence-corrected chi connectivity index (χ4v) is 15.1. The summed E-state index contributed by atoms with van der Waals surface area (Å²) in [4.78, 5) is 123. The van der Waals surface area contributed by atoms with E-state index in [1.807, 2.05) is 32.2 Å². The minimum atomic E-state index is -1.54. The number of carboxylic acids is 2. The molecule has 2 amide bonds. The first-order chi connectivity index (χ1) is 50.5. The number of aliphatic hydroxyl groups excluding tert-OH is 2. The number of fused-ring (bicyclic) bond motifs is 1. The Morgan fingerprint density at radius 1 is 0.523 bits per heavy atom. The number of carbonyl (C=O) groups is 10. The molecule has 5 aliphatic rings. The van der Waals surface area contributed by atoms with E-state index in [0.717, 1.165) is 51.6 Å². The van der Waals surface area contributed by atoms with Crippen LogP contribution in [0.3, 0.4) is 0 Å². The number of para-hydroxylation sites is 4. The topological polar surface area (TPSA) is 374 Å². The van der Waals surface area contributed by atoms with Crippen LogP contribution in [-0.2, 0) is 57.2 Å². The Kier molecular flexibility index (Phi) is 34.2. The van der Waals surface area contributed by atoms with Gasteiger partial charge in [-0.3, -0.25) is 38.6 Å². The number of thioether (sulfide) groups is 2. The van der Waals surface area contributed by atoms with Gasteiger partial charge in [-0.05, 0) is 140 Å². The highest BCUT2D eigenvalue weighted by atomic mass is 35.5. The molecule has 5 saturated heterocycles. The van der Waals surface area contributed by atoms with Crippen molar-refractivity contribution in [1.29, 1.82) is 0 Å². The Morgan fingerprint density at radius 2 is 0.850 bits per heavy atom. The molecular formula is C75H98Cl2N4O24S2. The van der Waals surface area contributed by atoms with Crippen LogP contribution in [0.25, 0.3) is 0 Å². The molecule has 4 aromatic rings. The van der Waals surface area contributed by atoms with Gasteiger partial charge in [0.2, 0.25) is 11.8 Å². The van der Waals surface area contributed by atoms with Crippen molar-refractivity contribution in [1.82, 2.24) is 20.4 Å². The maximum Gasteiger partial charge on any atom is 0.342 e. The summed E-state index contributed by atoms with van der Waals surface area (Å²) in [7, 11) is 3.89. The summed E-state index contributed by atoms with van der Waals surface area (Å²) in [6.07, 6.45) is 1.03. The number of halogens is 2. The number of ether oxygens (including phenoxy) is 10. The van der Waals surface area contributed by atoms with Crippen LogP contribution in [-0.4, -0.2) is 230 Å². The number of nitrogens with zero attached hydrogens (tertiary/aromatic N) is 2. The van der Waals surface area contributed by atoms with Crippen LogP contribution >= 0.6 is 46.7 Å². The quantitative estimate of drug-likeness (QED) is 0.0217. The van der Waals surface area contributed by atoms with Crippen molar-refractivity contribution in [2.24, 2.45) is 11.8 Å². The number of aliphatic hydroxyl groups is 2. The number of rotatable bonds is 24. The molecule has 0 radical (unpaired) electrons. The molecule has 5 aliphatic heterocycles. The molecule has 107 heavy (non-hydrogen) atoms. The standard InChI is InChI=1S/C30H43ClN2O8S.C27H39ClN2O8S.2C9H8O4/c1-8-11-18-14-20(33(6)15-18)27(35)32-22(16(2)31)23-24-25(41-30(4,5)40-24)26(29(39-23)42-7)38-28(36)19-12-9-10-13-21(19)37-17(3)34;1-6-9-16-12-18(30(4)13-16)25(34)29-20(14(2)28)23-21(32)22(33)24(27(38-23)39-5)37-26(35)17-10-7-8-11-19(17)36-15(3)31;2*1-6(10)13-8-5-3-2-4-7(8)9(11)12/h9-10,12-13,16,18,20,22-26,29H,8,11,14-15H2,1-7H3,(H,32,35);7-8,10-11,14,16,18,20-24,27,32-33H,6,9,12-13H2,1-5H3,(H,29,34);2*2-5H,1H3,(H,11,12)/t16?,18-,20+,22?,23?,24?,25?,26?,29?;14?,16-,18+,20?,21?,22?,23?,24?,27?;;/m11../s1. The van der Waals surface area contributed by atoms with E-state index >= 15 is 0 Å². The van der Waals surface area contributed by atoms with Crippen molar-refractivity contribution in [2.75, 3.05) is 39.7 Å². The Labute approximate surface area is 641 Å². The van der Waals surface area contributed by atoms with Crippen molar-refractivity contribution in [3.8, 4) is 23.0 Å². The normalized spacial score (nSPS) is 26.1. The maximum absolute atomic E-state index is 13.6.